The minimum Gasteiger partial charge on any atom is -0.310 e. The van der Waals surface area contributed by atoms with E-state index >= 15 is 0 Å². The van der Waals surface area contributed by atoms with Crippen LogP contribution >= 0.6 is 0 Å². The van der Waals surface area contributed by atoms with E-state index in [9.17, 15) is 0 Å². The van der Waals surface area contributed by atoms with E-state index in [4.69, 9.17) is 0 Å². The van der Waals surface area contributed by atoms with E-state index in [0.717, 1.165) is 34.1 Å². The number of nitrogens with zero attached hydrogens (tertiary/aromatic N) is 2. The molecule has 0 spiro atoms. The first-order valence-electron chi connectivity index (χ1n) is 20.3. The average Bonchev–Trinajstić information content (AvgIpc) is 3.32. The Hall–Kier alpha value is -7.46. The second kappa shape index (κ2) is 15.8. The first-order chi connectivity index (χ1) is 29.3. The van der Waals surface area contributed by atoms with E-state index < -0.39 is 8.07 Å². The largest absolute Gasteiger partial charge is 0.310 e. The van der Waals surface area contributed by atoms with Crippen molar-refractivity contribution in [2.45, 2.75) is 0 Å². The van der Waals surface area contributed by atoms with Gasteiger partial charge in [-0.1, -0.05) is 194 Å². The fraction of sp³-hybridized carbons (Fsp3) is 0. The van der Waals surface area contributed by atoms with Gasteiger partial charge in [-0.15, -0.1) is 0 Å². The highest BCUT2D eigenvalue weighted by Gasteiger charge is 2.44. The molecule has 0 heterocycles. The fourth-order valence-electron chi connectivity index (χ4n) is 8.94. The van der Waals surface area contributed by atoms with E-state index in [1.54, 1.807) is 0 Å². The third-order valence-corrected chi connectivity index (χ3v) is 16.3. The first kappa shape index (κ1) is 35.9. The topological polar surface area (TPSA) is 6.48 Å². The Morgan fingerprint density at radius 3 is 1.41 bits per heavy atom. The molecule has 0 aliphatic carbocycles. The van der Waals surface area contributed by atoms with E-state index in [1.165, 1.54) is 42.3 Å². The van der Waals surface area contributed by atoms with Gasteiger partial charge in [0.05, 0.1) is 5.69 Å². The number of rotatable bonds is 10. The molecule has 0 radical (unpaired) electrons. The van der Waals surface area contributed by atoms with Gasteiger partial charge in [-0.25, -0.2) is 0 Å². The van der Waals surface area contributed by atoms with Gasteiger partial charge in [-0.05, 0) is 97.6 Å². The number of hydrogen-bond acceptors (Lipinski definition) is 2. The van der Waals surface area contributed by atoms with Gasteiger partial charge in [0.25, 0.3) is 0 Å². The maximum absolute atomic E-state index is 3.13. The van der Waals surface area contributed by atoms with Crippen LogP contribution in [0.25, 0.3) is 21.5 Å². The Morgan fingerprint density at radius 2 is 0.712 bits per heavy atom. The highest BCUT2D eigenvalue weighted by Crippen LogP contribution is 2.40. The molecule has 3 heteroatoms. The lowest BCUT2D eigenvalue weighted by Gasteiger charge is -2.39. The van der Waals surface area contributed by atoms with Crippen LogP contribution in [0.5, 0.6) is 0 Å². The van der Waals surface area contributed by atoms with Gasteiger partial charge >= 0.3 is 0 Å². The van der Waals surface area contributed by atoms with Crippen LogP contribution in [0.15, 0.2) is 255 Å². The monoisotopic (exact) mass is 770 g/mol. The van der Waals surface area contributed by atoms with E-state index in [0.29, 0.717) is 0 Å². The molecule has 0 N–H and O–H groups in total. The van der Waals surface area contributed by atoms with Crippen molar-refractivity contribution < 1.29 is 0 Å². The molecule has 0 aliphatic heterocycles. The van der Waals surface area contributed by atoms with Crippen LogP contribution in [-0.2, 0) is 0 Å². The molecule has 0 unspecified atom stereocenters. The van der Waals surface area contributed by atoms with Crippen molar-refractivity contribution in [3.05, 3.63) is 255 Å². The van der Waals surface area contributed by atoms with Crippen molar-refractivity contribution in [3.63, 3.8) is 0 Å². The summed E-state index contributed by atoms with van der Waals surface area (Å²) < 4.78 is 0. The van der Waals surface area contributed by atoms with Gasteiger partial charge in [0, 0.05) is 33.8 Å². The van der Waals surface area contributed by atoms with Gasteiger partial charge in [0.2, 0.25) is 0 Å². The normalized spacial score (nSPS) is 11.4. The summed E-state index contributed by atoms with van der Waals surface area (Å²) in [6.45, 7) is 0. The Kier molecular flexibility index (Phi) is 9.63. The molecule has 10 aromatic carbocycles. The highest BCUT2D eigenvalue weighted by atomic mass is 28.3. The summed E-state index contributed by atoms with van der Waals surface area (Å²) in [5, 5.41) is 10.1. The molecule has 280 valence electrons. The van der Waals surface area contributed by atoms with Gasteiger partial charge in [0.1, 0.15) is 0 Å². The van der Waals surface area contributed by atoms with Crippen LogP contribution in [0.3, 0.4) is 0 Å². The van der Waals surface area contributed by atoms with Crippen LogP contribution in [-0.4, -0.2) is 8.07 Å². The van der Waals surface area contributed by atoms with Crippen LogP contribution in [0, 0.1) is 0 Å². The molecule has 0 saturated carbocycles. The predicted molar refractivity (Wildman–Crippen MR) is 254 cm³/mol. The number of para-hydroxylation sites is 3. The average molecular weight is 771 g/mol. The maximum Gasteiger partial charge on any atom is 0.181 e. The van der Waals surface area contributed by atoms with Crippen LogP contribution in [0.1, 0.15) is 0 Å². The summed E-state index contributed by atoms with van der Waals surface area (Å²) in [4.78, 5) is 4.89. The minimum absolute atomic E-state index is 1.11. The molecule has 10 aromatic rings. The number of anilines is 6. The van der Waals surface area contributed by atoms with Crippen molar-refractivity contribution in [2.75, 3.05) is 9.80 Å². The zero-order valence-electron chi connectivity index (χ0n) is 32.6. The molecule has 0 atom stereocenters. The fourth-order valence-corrected chi connectivity index (χ4v) is 13.9. The number of hydrogen-bond donors (Lipinski definition) is 0. The molecule has 0 fully saturated rings. The van der Waals surface area contributed by atoms with Gasteiger partial charge in [-0.2, -0.15) is 0 Å². The quantitative estimate of drug-likeness (QED) is 0.101. The molecule has 0 saturated heterocycles. The lowest BCUT2D eigenvalue weighted by Crippen LogP contribution is -2.75. The van der Waals surface area contributed by atoms with Crippen LogP contribution in [0.2, 0.25) is 0 Å². The summed E-state index contributed by atoms with van der Waals surface area (Å²) in [5.41, 5.74) is 6.75. The Balaban J connectivity index is 1.28. The van der Waals surface area contributed by atoms with Crippen molar-refractivity contribution >= 4 is 84.5 Å². The maximum atomic E-state index is 2.49. The standard InChI is InChI=1S/C56H42N2Si/c1-5-25-46(26-6-1)57(49-40-39-43-21-13-14-23-45(43)41-49)48-29-20-34-52(42-48)59(50-30-9-3-10-31-50,51-32-11-4-12-33-51)56-38-18-17-36-55(56)58(47-27-7-2-8-28-47)54-37-19-24-44-22-15-16-35-53(44)54/h1-42H. The second-order valence-corrected chi connectivity index (χ2v) is 18.7. The predicted octanol–water partition coefficient (Wildman–Crippen LogP) is 12.3. The summed E-state index contributed by atoms with van der Waals surface area (Å²) in [6, 6.07) is 93.4. The molecule has 2 nitrogen and oxygen atoms in total. The van der Waals surface area contributed by atoms with E-state index in [2.05, 4.69) is 265 Å². The van der Waals surface area contributed by atoms with Gasteiger partial charge < -0.3 is 9.80 Å². The van der Waals surface area contributed by atoms with Gasteiger partial charge in [0.15, 0.2) is 8.07 Å². The van der Waals surface area contributed by atoms with Crippen molar-refractivity contribution in [2.24, 2.45) is 0 Å². The SMILES string of the molecule is c1ccc(N(c2cccc([Si](c3ccccc3)(c3ccccc3)c3ccccc3N(c3ccccc3)c3cccc4ccccc34)c2)c2ccc3ccccc3c2)cc1. The zero-order valence-corrected chi connectivity index (χ0v) is 33.6. The van der Waals surface area contributed by atoms with Crippen LogP contribution < -0.4 is 30.5 Å². The summed E-state index contributed by atoms with van der Waals surface area (Å²) in [5.74, 6) is 0. The third-order valence-electron chi connectivity index (χ3n) is 11.5. The molecular weight excluding hydrogens is 729 g/mol. The minimum atomic E-state index is -3.13. The summed E-state index contributed by atoms with van der Waals surface area (Å²) in [7, 11) is -3.13. The Morgan fingerprint density at radius 1 is 0.254 bits per heavy atom. The number of benzene rings is 10. The molecule has 59 heavy (non-hydrogen) atoms. The zero-order chi connectivity index (χ0) is 39.4. The lowest BCUT2D eigenvalue weighted by molar-refractivity contribution is 1.29. The first-order valence-corrected chi connectivity index (χ1v) is 22.3. The highest BCUT2D eigenvalue weighted by molar-refractivity contribution is 7.20. The van der Waals surface area contributed by atoms with E-state index in [-0.39, 0.29) is 0 Å². The van der Waals surface area contributed by atoms with Crippen LogP contribution in [0.4, 0.5) is 34.1 Å². The lowest BCUT2D eigenvalue weighted by atomic mass is 10.1. The third kappa shape index (κ3) is 6.58. The molecular formula is C56H42N2Si. The van der Waals surface area contributed by atoms with Gasteiger partial charge in [-0.3, -0.25) is 0 Å². The Labute approximate surface area is 347 Å². The van der Waals surface area contributed by atoms with Crippen molar-refractivity contribution in [1.29, 1.82) is 0 Å². The molecule has 0 amide bonds. The Bertz CT molecular complexity index is 2960. The second-order valence-electron chi connectivity index (χ2n) is 14.9. The van der Waals surface area contributed by atoms with Crippen molar-refractivity contribution in [1.82, 2.24) is 0 Å². The summed E-state index contributed by atoms with van der Waals surface area (Å²) in [6.07, 6.45) is 0. The molecule has 0 bridgehead atoms. The number of fused-ring (bicyclic) bond motifs is 2. The molecule has 0 aromatic heterocycles. The van der Waals surface area contributed by atoms with E-state index in [1.807, 2.05) is 0 Å². The molecule has 10 rings (SSSR count). The summed E-state index contributed by atoms with van der Waals surface area (Å²) >= 11 is 0. The molecule has 0 aliphatic rings. The van der Waals surface area contributed by atoms with Crippen molar-refractivity contribution in [3.8, 4) is 0 Å². The smallest absolute Gasteiger partial charge is 0.181 e.